The normalized spacial score (nSPS) is 17.4. The molecule has 0 aromatic heterocycles. The molecule has 8 heavy (non-hydrogen) atoms. The van der Waals surface area contributed by atoms with E-state index in [0.29, 0.717) is 6.42 Å². The highest BCUT2D eigenvalue weighted by molar-refractivity contribution is 4.85. The zero-order chi connectivity index (χ0) is 6.62. The first-order valence-electron chi connectivity index (χ1n) is 2.63. The topological polar surface area (TPSA) is 46.2 Å². The summed E-state index contributed by atoms with van der Waals surface area (Å²) in [6.07, 6.45) is 2.36. The van der Waals surface area contributed by atoms with E-state index in [2.05, 4.69) is 6.58 Å². The molecule has 0 spiro atoms. The molecule has 1 atom stereocenters. The molecule has 2 nitrogen and oxygen atoms in total. The molecule has 0 aliphatic heterocycles. The van der Waals surface area contributed by atoms with E-state index < -0.39 is 5.54 Å². The van der Waals surface area contributed by atoms with E-state index in [1.165, 1.54) is 0 Å². The van der Waals surface area contributed by atoms with Crippen molar-refractivity contribution in [3.05, 3.63) is 12.7 Å². The second kappa shape index (κ2) is 2.84. The number of hydrogen-bond donors (Lipinski definition) is 2. The molecule has 0 bridgehead atoms. The van der Waals surface area contributed by atoms with Crippen LogP contribution in [-0.2, 0) is 0 Å². The molecule has 2 heteroatoms. The van der Waals surface area contributed by atoms with E-state index >= 15 is 0 Å². The highest BCUT2D eigenvalue weighted by Gasteiger charge is 2.13. The summed E-state index contributed by atoms with van der Waals surface area (Å²) in [5, 5.41) is 8.55. The average molecular weight is 115 g/mol. The molecule has 0 aliphatic rings. The molecule has 0 rings (SSSR count). The van der Waals surface area contributed by atoms with Crippen molar-refractivity contribution in [2.45, 2.75) is 18.9 Å². The van der Waals surface area contributed by atoms with Crippen LogP contribution in [0.3, 0.4) is 0 Å². The van der Waals surface area contributed by atoms with Crippen molar-refractivity contribution in [1.29, 1.82) is 0 Å². The summed E-state index contributed by atoms with van der Waals surface area (Å²) in [4.78, 5) is 0. The minimum Gasteiger partial charge on any atom is -0.394 e. The summed E-state index contributed by atoms with van der Waals surface area (Å²) < 4.78 is 0. The summed E-state index contributed by atoms with van der Waals surface area (Å²) in [7, 11) is 0. The number of aliphatic hydroxyl groups is 1. The SMILES string of the molecule is C=CC[C@](C)(N)CO. The van der Waals surface area contributed by atoms with Gasteiger partial charge in [0.25, 0.3) is 0 Å². The summed E-state index contributed by atoms with van der Waals surface area (Å²) in [5.41, 5.74) is 5.03. The van der Waals surface area contributed by atoms with Gasteiger partial charge >= 0.3 is 0 Å². The van der Waals surface area contributed by atoms with Gasteiger partial charge < -0.3 is 10.8 Å². The van der Waals surface area contributed by atoms with Gasteiger partial charge in [-0.3, -0.25) is 0 Å². The van der Waals surface area contributed by atoms with E-state index in [9.17, 15) is 0 Å². The molecular weight excluding hydrogens is 102 g/mol. The van der Waals surface area contributed by atoms with E-state index in [-0.39, 0.29) is 6.61 Å². The van der Waals surface area contributed by atoms with Crippen LogP contribution in [0.5, 0.6) is 0 Å². The van der Waals surface area contributed by atoms with Crippen LogP contribution >= 0.6 is 0 Å². The van der Waals surface area contributed by atoms with Gasteiger partial charge in [0.15, 0.2) is 0 Å². The summed E-state index contributed by atoms with van der Waals surface area (Å²) in [6, 6.07) is 0. The fourth-order valence-corrected chi connectivity index (χ4v) is 0.394. The van der Waals surface area contributed by atoms with Gasteiger partial charge in [-0.1, -0.05) is 6.08 Å². The maximum absolute atomic E-state index is 8.55. The Morgan fingerprint density at radius 1 is 1.88 bits per heavy atom. The molecule has 0 unspecified atom stereocenters. The van der Waals surface area contributed by atoms with E-state index in [1.807, 2.05) is 0 Å². The van der Waals surface area contributed by atoms with Crippen molar-refractivity contribution in [3.8, 4) is 0 Å². The average Bonchev–Trinajstić information content (AvgIpc) is 1.67. The Bertz CT molecular complexity index is 78.6. The summed E-state index contributed by atoms with van der Waals surface area (Å²) in [6.45, 7) is 5.30. The lowest BCUT2D eigenvalue weighted by molar-refractivity contribution is 0.210. The Labute approximate surface area is 50.0 Å². The Morgan fingerprint density at radius 3 is 2.50 bits per heavy atom. The minimum absolute atomic E-state index is 0.0129. The van der Waals surface area contributed by atoms with Gasteiger partial charge in [-0.25, -0.2) is 0 Å². The van der Waals surface area contributed by atoms with E-state index in [0.717, 1.165) is 0 Å². The van der Waals surface area contributed by atoms with Gasteiger partial charge in [0.2, 0.25) is 0 Å². The monoisotopic (exact) mass is 115 g/mol. The molecule has 48 valence electrons. The molecule has 3 N–H and O–H groups in total. The third-order valence-corrected chi connectivity index (χ3v) is 0.972. The molecule has 0 fully saturated rings. The number of aliphatic hydroxyl groups excluding tert-OH is 1. The first kappa shape index (κ1) is 7.66. The number of nitrogens with two attached hydrogens (primary N) is 1. The highest BCUT2D eigenvalue weighted by atomic mass is 16.3. The van der Waals surface area contributed by atoms with Crippen LogP contribution in [0.15, 0.2) is 12.7 Å². The van der Waals surface area contributed by atoms with Crippen LogP contribution in [0, 0.1) is 0 Å². The van der Waals surface area contributed by atoms with Crippen molar-refractivity contribution in [1.82, 2.24) is 0 Å². The first-order valence-corrected chi connectivity index (χ1v) is 2.63. The predicted octanol–water partition coefficient (Wildman–Crippen LogP) is 0.272. The van der Waals surface area contributed by atoms with Gasteiger partial charge in [-0.2, -0.15) is 0 Å². The van der Waals surface area contributed by atoms with Gasteiger partial charge in [-0.15, -0.1) is 6.58 Å². The van der Waals surface area contributed by atoms with Crippen molar-refractivity contribution < 1.29 is 5.11 Å². The zero-order valence-electron chi connectivity index (χ0n) is 5.22. The van der Waals surface area contributed by atoms with Crippen molar-refractivity contribution in [3.63, 3.8) is 0 Å². The van der Waals surface area contributed by atoms with Crippen molar-refractivity contribution >= 4 is 0 Å². The highest BCUT2D eigenvalue weighted by Crippen LogP contribution is 2.02. The lowest BCUT2D eigenvalue weighted by Gasteiger charge is -2.18. The van der Waals surface area contributed by atoms with Crippen LogP contribution in [0.25, 0.3) is 0 Å². The number of hydrogen-bond acceptors (Lipinski definition) is 2. The number of rotatable bonds is 3. The minimum atomic E-state index is -0.470. The van der Waals surface area contributed by atoms with Gasteiger partial charge in [0.05, 0.1) is 6.61 Å². The zero-order valence-corrected chi connectivity index (χ0v) is 5.22. The van der Waals surface area contributed by atoms with Crippen LogP contribution < -0.4 is 5.73 Å². The first-order chi connectivity index (χ1) is 3.62. The Morgan fingerprint density at radius 2 is 2.38 bits per heavy atom. The quantitative estimate of drug-likeness (QED) is 0.519. The van der Waals surface area contributed by atoms with Crippen molar-refractivity contribution in [2.75, 3.05) is 6.61 Å². The Hall–Kier alpha value is -0.340. The second-order valence-corrected chi connectivity index (χ2v) is 2.30. The fourth-order valence-electron chi connectivity index (χ4n) is 0.394. The Balaban J connectivity index is 3.53. The largest absolute Gasteiger partial charge is 0.394 e. The molecule has 0 radical (unpaired) electrons. The van der Waals surface area contributed by atoms with E-state index in [1.54, 1.807) is 13.0 Å². The maximum Gasteiger partial charge on any atom is 0.0611 e. The molecule has 0 aromatic rings. The lowest BCUT2D eigenvalue weighted by Crippen LogP contribution is -2.39. The summed E-state index contributed by atoms with van der Waals surface area (Å²) in [5.74, 6) is 0. The third kappa shape index (κ3) is 2.77. The fraction of sp³-hybridized carbons (Fsp3) is 0.667. The smallest absolute Gasteiger partial charge is 0.0611 e. The maximum atomic E-state index is 8.55. The summed E-state index contributed by atoms with van der Waals surface area (Å²) >= 11 is 0. The lowest BCUT2D eigenvalue weighted by atomic mass is 10.0. The van der Waals surface area contributed by atoms with Crippen molar-refractivity contribution in [2.24, 2.45) is 5.73 Å². The van der Waals surface area contributed by atoms with Crippen LogP contribution in [0.2, 0.25) is 0 Å². The third-order valence-electron chi connectivity index (χ3n) is 0.972. The molecule has 0 amide bonds. The molecule has 0 aromatic carbocycles. The Kier molecular flexibility index (Phi) is 2.72. The standard InChI is InChI=1S/C6H13NO/c1-3-4-6(2,7)5-8/h3,8H,1,4-5,7H2,2H3/t6-/m0/s1. The molecule has 0 heterocycles. The van der Waals surface area contributed by atoms with Gasteiger partial charge in [-0.05, 0) is 13.3 Å². The van der Waals surface area contributed by atoms with Gasteiger partial charge in [0, 0.05) is 5.54 Å². The predicted molar refractivity (Wildman–Crippen MR) is 34.5 cm³/mol. The molecule has 0 saturated carbocycles. The second-order valence-electron chi connectivity index (χ2n) is 2.30. The van der Waals surface area contributed by atoms with Crippen LogP contribution in [-0.4, -0.2) is 17.3 Å². The molecular formula is C6H13NO. The molecule has 0 saturated heterocycles. The van der Waals surface area contributed by atoms with Gasteiger partial charge in [0.1, 0.15) is 0 Å². The van der Waals surface area contributed by atoms with Crippen LogP contribution in [0.4, 0.5) is 0 Å². The van der Waals surface area contributed by atoms with Crippen LogP contribution in [0.1, 0.15) is 13.3 Å². The van der Waals surface area contributed by atoms with E-state index in [4.69, 9.17) is 10.8 Å². The molecule has 0 aliphatic carbocycles.